The number of hydrogen-bond acceptors (Lipinski definition) is 4. The van der Waals surface area contributed by atoms with Gasteiger partial charge in [-0.3, -0.25) is 9.78 Å². The number of rotatable bonds is 4. The molecule has 1 aromatic carbocycles. The molecule has 2 rings (SSSR count). The molecule has 0 atom stereocenters. The van der Waals surface area contributed by atoms with E-state index in [1.165, 1.54) is 4.90 Å². The Balaban J connectivity index is 2.05. The van der Waals surface area contributed by atoms with Crippen molar-refractivity contribution < 1.29 is 9.63 Å². The number of anilines is 1. The molecule has 19 heavy (non-hydrogen) atoms. The topological polar surface area (TPSA) is 54.5 Å². The van der Waals surface area contributed by atoms with Gasteiger partial charge < -0.3 is 9.74 Å². The molecule has 0 aliphatic rings. The molecule has 0 aliphatic heterocycles. The second-order valence-electron chi connectivity index (χ2n) is 4.15. The van der Waals surface area contributed by atoms with Gasteiger partial charge in [-0.05, 0) is 12.1 Å². The third-order valence-electron chi connectivity index (χ3n) is 2.42. The lowest BCUT2D eigenvalue weighted by molar-refractivity contribution is 0.0821. The molecular weight excluding hydrogens is 242 g/mol. The Morgan fingerprint density at radius 3 is 2.63 bits per heavy atom. The summed E-state index contributed by atoms with van der Waals surface area (Å²) in [7, 11) is 3.36. The summed E-state index contributed by atoms with van der Waals surface area (Å²) in [6.45, 7) is 0. The molecule has 0 radical (unpaired) electrons. The van der Waals surface area contributed by atoms with E-state index < -0.39 is 0 Å². The van der Waals surface area contributed by atoms with Gasteiger partial charge in [0.1, 0.15) is 5.69 Å². The number of pyridine rings is 1. The van der Waals surface area contributed by atoms with Gasteiger partial charge in [0.15, 0.2) is 5.75 Å². The van der Waals surface area contributed by atoms with Crippen molar-refractivity contribution in [1.29, 1.82) is 0 Å². The summed E-state index contributed by atoms with van der Waals surface area (Å²) < 4.78 is 0. The van der Waals surface area contributed by atoms with E-state index in [4.69, 9.17) is 4.84 Å². The normalized spacial score (nSPS) is 9.79. The first-order valence-electron chi connectivity index (χ1n) is 5.82. The SMILES string of the molecule is CN(C)C(=O)c1cc(ONc2ccccc2)ccn1. The fraction of sp³-hybridized carbons (Fsp3) is 0.143. The zero-order valence-electron chi connectivity index (χ0n) is 10.8. The summed E-state index contributed by atoms with van der Waals surface area (Å²) in [5, 5.41) is 0. The third kappa shape index (κ3) is 3.45. The minimum absolute atomic E-state index is 0.162. The summed E-state index contributed by atoms with van der Waals surface area (Å²) in [5.74, 6) is 0.370. The minimum atomic E-state index is -0.162. The van der Waals surface area contributed by atoms with E-state index in [0.717, 1.165) is 5.69 Å². The van der Waals surface area contributed by atoms with Crippen LogP contribution < -0.4 is 10.3 Å². The minimum Gasteiger partial charge on any atom is -0.382 e. The van der Waals surface area contributed by atoms with Crippen molar-refractivity contribution in [2.24, 2.45) is 0 Å². The van der Waals surface area contributed by atoms with Gasteiger partial charge >= 0.3 is 0 Å². The fourth-order valence-corrected chi connectivity index (χ4v) is 1.44. The summed E-state index contributed by atoms with van der Waals surface area (Å²) >= 11 is 0. The van der Waals surface area contributed by atoms with E-state index in [1.54, 1.807) is 32.4 Å². The van der Waals surface area contributed by atoms with Gasteiger partial charge in [0, 0.05) is 32.4 Å². The number of carbonyl (C=O) groups is 1. The number of para-hydroxylation sites is 1. The Morgan fingerprint density at radius 2 is 1.95 bits per heavy atom. The monoisotopic (exact) mass is 257 g/mol. The van der Waals surface area contributed by atoms with Gasteiger partial charge in [0.2, 0.25) is 0 Å². The van der Waals surface area contributed by atoms with Crippen LogP contribution in [0.3, 0.4) is 0 Å². The van der Waals surface area contributed by atoms with E-state index in [0.29, 0.717) is 11.4 Å². The molecule has 1 amide bonds. The molecule has 98 valence electrons. The van der Waals surface area contributed by atoms with E-state index in [2.05, 4.69) is 10.5 Å². The van der Waals surface area contributed by atoms with Crippen molar-refractivity contribution in [3.05, 3.63) is 54.4 Å². The predicted octanol–water partition coefficient (Wildman–Crippen LogP) is 2.19. The Kier molecular flexibility index (Phi) is 3.97. The molecule has 0 fully saturated rings. The summed E-state index contributed by atoms with van der Waals surface area (Å²) in [6, 6.07) is 12.8. The van der Waals surface area contributed by atoms with Crippen LogP contribution in [0.25, 0.3) is 0 Å². The molecule has 0 spiro atoms. The number of amides is 1. The molecule has 0 bridgehead atoms. The van der Waals surface area contributed by atoms with Crippen molar-refractivity contribution in [1.82, 2.24) is 9.88 Å². The average molecular weight is 257 g/mol. The molecule has 5 heteroatoms. The number of nitrogens with one attached hydrogen (secondary N) is 1. The van der Waals surface area contributed by atoms with E-state index in [9.17, 15) is 4.79 Å². The van der Waals surface area contributed by atoms with Crippen LogP contribution in [0.1, 0.15) is 10.5 Å². The van der Waals surface area contributed by atoms with Crippen molar-refractivity contribution >= 4 is 11.6 Å². The highest BCUT2D eigenvalue weighted by molar-refractivity contribution is 5.92. The van der Waals surface area contributed by atoms with Crippen LogP contribution in [0.4, 0.5) is 5.69 Å². The number of benzene rings is 1. The first kappa shape index (κ1) is 12.9. The van der Waals surface area contributed by atoms with E-state index >= 15 is 0 Å². The lowest BCUT2D eigenvalue weighted by atomic mass is 10.3. The molecule has 0 aliphatic carbocycles. The highest BCUT2D eigenvalue weighted by Gasteiger charge is 2.10. The quantitative estimate of drug-likeness (QED) is 0.853. The lowest BCUT2D eigenvalue weighted by Crippen LogP contribution is -2.22. The van der Waals surface area contributed by atoms with E-state index in [-0.39, 0.29) is 5.91 Å². The van der Waals surface area contributed by atoms with E-state index in [1.807, 2.05) is 30.3 Å². The summed E-state index contributed by atoms with van der Waals surface area (Å²) in [4.78, 5) is 22.6. The third-order valence-corrected chi connectivity index (χ3v) is 2.42. The first-order valence-corrected chi connectivity index (χ1v) is 5.82. The van der Waals surface area contributed by atoms with Crippen LogP contribution in [0, 0.1) is 0 Å². The zero-order valence-corrected chi connectivity index (χ0v) is 10.8. The van der Waals surface area contributed by atoms with Gasteiger partial charge in [0.25, 0.3) is 5.91 Å². The Hall–Kier alpha value is -2.56. The summed E-state index contributed by atoms with van der Waals surface area (Å²) in [6.07, 6.45) is 1.54. The highest BCUT2D eigenvalue weighted by Crippen LogP contribution is 2.13. The second kappa shape index (κ2) is 5.86. The lowest BCUT2D eigenvalue weighted by Gasteiger charge is -2.11. The molecule has 1 N–H and O–H groups in total. The van der Waals surface area contributed by atoms with Crippen molar-refractivity contribution in [2.45, 2.75) is 0 Å². The number of aromatic nitrogens is 1. The van der Waals surface area contributed by atoms with Crippen molar-refractivity contribution in [2.75, 3.05) is 19.6 Å². The molecule has 5 nitrogen and oxygen atoms in total. The number of hydrogen-bond donors (Lipinski definition) is 1. The van der Waals surface area contributed by atoms with Crippen molar-refractivity contribution in [3.8, 4) is 5.75 Å². The molecular formula is C14H15N3O2. The maximum absolute atomic E-state index is 11.8. The molecule has 0 saturated carbocycles. The van der Waals surface area contributed by atoms with Crippen LogP contribution in [-0.4, -0.2) is 29.9 Å². The van der Waals surface area contributed by atoms with Crippen LogP contribution in [-0.2, 0) is 0 Å². The van der Waals surface area contributed by atoms with Crippen molar-refractivity contribution in [3.63, 3.8) is 0 Å². The van der Waals surface area contributed by atoms with Crippen LogP contribution >= 0.6 is 0 Å². The standard InChI is InChI=1S/C14H15N3O2/c1-17(2)14(18)13-10-12(8-9-15-13)19-16-11-6-4-3-5-7-11/h3-10,16H,1-2H3. The number of carbonyl (C=O) groups excluding carboxylic acids is 1. The summed E-state index contributed by atoms with van der Waals surface area (Å²) in [5.41, 5.74) is 3.98. The molecule has 0 saturated heterocycles. The molecule has 1 heterocycles. The maximum Gasteiger partial charge on any atom is 0.272 e. The maximum atomic E-state index is 11.8. The van der Waals surface area contributed by atoms with Crippen LogP contribution in [0.15, 0.2) is 48.7 Å². The zero-order chi connectivity index (χ0) is 13.7. The molecule has 2 aromatic rings. The van der Waals surface area contributed by atoms with Gasteiger partial charge in [0.05, 0.1) is 5.69 Å². The van der Waals surface area contributed by atoms with Gasteiger partial charge in [-0.15, -0.1) is 0 Å². The van der Waals surface area contributed by atoms with Gasteiger partial charge in [-0.2, -0.15) is 0 Å². The predicted molar refractivity (Wildman–Crippen MR) is 72.9 cm³/mol. The Labute approximate surface area is 111 Å². The number of nitrogens with zero attached hydrogens (tertiary/aromatic N) is 2. The Bertz CT molecular complexity index is 556. The second-order valence-corrected chi connectivity index (χ2v) is 4.15. The first-order chi connectivity index (χ1) is 9.16. The fourth-order valence-electron chi connectivity index (χ4n) is 1.44. The Morgan fingerprint density at radius 1 is 1.21 bits per heavy atom. The highest BCUT2D eigenvalue weighted by atomic mass is 16.6. The average Bonchev–Trinajstić information content (AvgIpc) is 2.45. The smallest absolute Gasteiger partial charge is 0.272 e. The van der Waals surface area contributed by atoms with Gasteiger partial charge in [-0.1, -0.05) is 18.2 Å². The van der Waals surface area contributed by atoms with Crippen LogP contribution in [0.2, 0.25) is 0 Å². The largest absolute Gasteiger partial charge is 0.382 e. The molecule has 1 aromatic heterocycles. The molecule has 0 unspecified atom stereocenters. The van der Waals surface area contributed by atoms with Gasteiger partial charge in [-0.25, -0.2) is 5.48 Å². The van der Waals surface area contributed by atoms with Crippen LogP contribution in [0.5, 0.6) is 5.75 Å².